The first-order chi connectivity index (χ1) is 10.7. The Bertz CT molecular complexity index is 431. The molecule has 22 heavy (non-hydrogen) atoms. The lowest BCUT2D eigenvalue weighted by Gasteiger charge is -2.05. The van der Waals surface area contributed by atoms with Crippen molar-refractivity contribution in [2.24, 2.45) is 0 Å². The molecule has 0 saturated heterocycles. The molecule has 4 heteroatoms. The van der Waals surface area contributed by atoms with E-state index in [2.05, 4.69) is 5.32 Å². The van der Waals surface area contributed by atoms with Crippen LogP contribution in [0.3, 0.4) is 0 Å². The third-order valence-corrected chi connectivity index (χ3v) is 3.64. The lowest BCUT2D eigenvalue weighted by Crippen LogP contribution is -2.24. The van der Waals surface area contributed by atoms with Crippen molar-refractivity contribution >= 4 is 11.9 Å². The minimum atomic E-state index is -0.697. The number of hydrogen-bond acceptors (Lipinski definition) is 2. The molecule has 1 amide bonds. The molecule has 0 saturated carbocycles. The maximum absolute atomic E-state index is 11.8. The Hall–Kier alpha value is -1.84. The van der Waals surface area contributed by atoms with E-state index in [0.29, 0.717) is 12.0 Å². The van der Waals surface area contributed by atoms with Gasteiger partial charge in [-0.05, 0) is 25.0 Å². The van der Waals surface area contributed by atoms with Crippen LogP contribution in [-0.4, -0.2) is 23.5 Å². The molecule has 1 rings (SSSR count). The highest BCUT2D eigenvalue weighted by molar-refractivity contribution is 5.94. The van der Waals surface area contributed by atoms with Crippen molar-refractivity contribution in [2.75, 3.05) is 6.54 Å². The quantitative estimate of drug-likeness (QED) is 0.573. The summed E-state index contributed by atoms with van der Waals surface area (Å²) >= 11 is 0. The summed E-state index contributed by atoms with van der Waals surface area (Å²) in [6.45, 7) is 0.729. The third-order valence-electron chi connectivity index (χ3n) is 3.64. The van der Waals surface area contributed by atoms with E-state index in [-0.39, 0.29) is 5.91 Å². The molecule has 0 radical (unpaired) electrons. The van der Waals surface area contributed by atoms with E-state index in [1.165, 1.54) is 19.3 Å². The average molecular weight is 305 g/mol. The smallest absolute Gasteiger partial charge is 0.303 e. The average Bonchev–Trinajstić information content (AvgIpc) is 2.53. The van der Waals surface area contributed by atoms with Crippen LogP contribution in [0.5, 0.6) is 0 Å². The SMILES string of the molecule is O=C(O)CCCCCCCCCCNC(=O)c1ccccc1. The van der Waals surface area contributed by atoms with Gasteiger partial charge in [-0.2, -0.15) is 0 Å². The number of aliphatic carboxylic acids is 1. The highest BCUT2D eigenvalue weighted by Gasteiger charge is 2.02. The Morgan fingerprint density at radius 3 is 1.95 bits per heavy atom. The van der Waals surface area contributed by atoms with Gasteiger partial charge >= 0.3 is 5.97 Å². The summed E-state index contributed by atoms with van der Waals surface area (Å²) in [7, 11) is 0. The largest absolute Gasteiger partial charge is 0.481 e. The van der Waals surface area contributed by atoms with Crippen LogP contribution < -0.4 is 5.32 Å². The lowest BCUT2D eigenvalue weighted by atomic mass is 10.1. The van der Waals surface area contributed by atoms with Gasteiger partial charge in [0.05, 0.1) is 0 Å². The maximum Gasteiger partial charge on any atom is 0.303 e. The normalized spacial score (nSPS) is 10.4. The molecule has 0 aromatic heterocycles. The summed E-state index contributed by atoms with van der Waals surface area (Å²) in [6.07, 6.45) is 8.91. The van der Waals surface area contributed by atoms with E-state index in [0.717, 1.165) is 38.6 Å². The van der Waals surface area contributed by atoms with Crippen LogP contribution in [0.25, 0.3) is 0 Å². The molecule has 0 heterocycles. The summed E-state index contributed by atoms with van der Waals surface area (Å²) < 4.78 is 0. The van der Waals surface area contributed by atoms with Crippen LogP contribution in [-0.2, 0) is 4.79 Å². The van der Waals surface area contributed by atoms with Crippen LogP contribution in [0.4, 0.5) is 0 Å². The number of amides is 1. The first-order valence-electron chi connectivity index (χ1n) is 8.25. The van der Waals surface area contributed by atoms with Gasteiger partial charge in [0, 0.05) is 18.5 Å². The predicted octanol–water partition coefficient (Wildman–Crippen LogP) is 4.01. The number of unbranched alkanes of at least 4 members (excludes halogenated alkanes) is 7. The van der Waals surface area contributed by atoms with Crippen molar-refractivity contribution in [3.63, 3.8) is 0 Å². The zero-order chi connectivity index (χ0) is 16.0. The Morgan fingerprint density at radius 1 is 0.818 bits per heavy atom. The van der Waals surface area contributed by atoms with Crippen LogP contribution in [0, 0.1) is 0 Å². The number of carboxylic acids is 1. The molecule has 1 aromatic rings. The van der Waals surface area contributed by atoms with Gasteiger partial charge in [-0.3, -0.25) is 9.59 Å². The van der Waals surface area contributed by atoms with E-state index in [1.807, 2.05) is 30.3 Å². The van der Waals surface area contributed by atoms with Crippen molar-refractivity contribution < 1.29 is 14.7 Å². The molecule has 0 atom stereocenters. The van der Waals surface area contributed by atoms with E-state index in [1.54, 1.807) is 0 Å². The molecule has 0 unspecified atom stereocenters. The fourth-order valence-corrected chi connectivity index (χ4v) is 2.36. The molecule has 122 valence electrons. The van der Waals surface area contributed by atoms with Crippen molar-refractivity contribution in [1.29, 1.82) is 0 Å². The number of rotatable bonds is 12. The Morgan fingerprint density at radius 2 is 1.36 bits per heavy atom. The second kappa shape index (κ2) is 11.8. The van der Waals surface area contributed by atoms with Crippen molar-refractivity contribution in [3.05, 3.63) is 35.9 Å². The van der Waals surface area contributed by atoms with Gasteiger partial charge in [-0.15, -0.1) is 0 Å². The van der Waals surface area contributed by atoms with Gasteiger partial charge in [0.2, 0.25) is 0 Å². The number of carboxylic acid groups (broad SMARTS) is 1. The van der Waals surface area contributed by atoms with E-state index < -0.39 is 5.97 Å². The first-order valence-corrected chi connectivity index (χ1v) is 8.25. The summed E-state index contributed by atoms with van der Waals surface area (Å²) in [5.74, 6) is -0.698. The summed E-state index contributed by atoms with van der Waals surface area (Å²) in [5.41, 5.74) is 0.712. The number of carbonyl (C=O) groups is 2. The van der Waals surface area contributed by atoms with Crippen molar-refractivity contribution in [1.82, 2.24) is 5.32 Å². The minimum Gasteiger partial charge on any atom is -0.481 e. The van der Waals surface area contributed by atoms with E-state index in [4.69, 9.17) is 5.11 Å². The van der Waals surface area contributed by atoms with Crippen LogP contribution in [0.15, 0.2) is 30.3 Å². The number of nitrogens with one attached hydrogen (secondary N) is 1. The van der Waals surface area contributed by atoms with E-state index >= 15 is 0 Å². The number of carbonyl (C=O) groups excluding carboxylic acids is 1. The molecular formula is C18H27NO3. The standard InChI is InChI=1S/C18H27NO3/c20-17(21)14-10-5-3-1-2-4-6-11-15-19-18(22)16-12-8-7-9-13-16/h7-9,12-13H,1-6,10-11,14-15H2,(H,19,22)(H,20,21). The van der Waals surface area contributed by atoms with Crippen molar-refractivity contribution in [3.8, 4) is 0 Å². The minimum absolute atomic E-state index is 0.000898. The van der Waals surface area contributed by atoms with Gasteiger partial charge in [0.15, 0.2) is 0 Å². The molecule has 0 aliphatic heterocycles. The topological polar surface area (TPSA) is 66.4 Å². The highest BCUT2D eigenvalue weighted by Crippen LogP contribution is 2.09. The number of benzene rings is 1. The predicted molar refractivity (Wildman–Crippen MR) is 88.0 cm³/mol. The Balaban J connectivity index is 1.88. The van der Waals surface area contributed by atoms with E-state index in [9.17, 15) is 9.59 Å². The van der Waals surface area contributed by atoms with Gasteiger partial charge in [0.1, 0.15) is 0 Å². The van der Waals surface area contributed by atoms with Crippen molar-refractivity contribution in [2.45, 2.75) is 57.8 Å². The van der Waals surface area contributed by atoms with Gasteiger partial charge in [-0.25, -0.2) is 0 Å². The van der Waals surface area contributed by atoms with Crippen LogP contribution >= 0.6 is 0 Å². The summed E-state index contributed by atoms with van der Waals surface area (Å²) in [5, 5.41) is 11.5. The third kappa shape index (κ3) is 9.16. The van der Waals surface area contributed by atoms with Gasteiger partial charge in [0.25, 0.3) is 5.91 Å². The molecular weight excluding hydrogens is 278 g/mol. The Labute approximate surface area is 132 Å². The first kappa shape index (κ1) is 18.2. The zero-order valence-electron chi connectivity index (χ0n) is 13.2. The molecule has 0 bridgehead atoms. The van der Waals surface area contributed by atoms with Gasteiger partial charge < -0.3 is 10.4 Å². The molecule has 0 aliphatic rings. The molecule has 0 fully saturated rings. The fourth-order valence-electron chi connectivity index (χ4n) is 2.36. The molecule has 1 aromatic carbocycles. The second-order valence-electron chi connectivity index (χ2n) is 5.59. The Kier molecular flexibility index (Phi) is 9.75. The fraction of sp³-hybridized carbons (Fsp3) is 0.556. The molecule has 2 N–H and O–H groups in total. The van der Waals surface area contributed by atoms with Crippen LogP contribution in [0.2, 0.25) is 0 Å². The van der Waals surface area contributed by atoms with Gasteiger partial charge in [-0.1, -0.05) is 56.7 Å². The van der Waals surface area contributed by atoms with Crippen LogP contribution in [0.1, 0.15) is 68.1 Å². The molecule has 0 spiro atoms. The monoisotopic (exact) mass is 305 g/mol. The highest BCUT2D eigenvalue weighted by atomic mass is 16.4. The zero-order valence-corrected chi connectivity index (χ0v) is 13.2. The second-order valence-corrected chi connectivity index (χ2v) is 5.59. The lowest BCUT2D eigenvalue weighted by molar-refractivity contribution is -0.137. The molecule has 0 aliphatic carbocycles. The molecule has 4 nitrogen and oxygen atoms in total. The maximum atomic E-state index is 11.8. The summed E-state index contributed by atoms with van der Waals surface area (Å²) in [6, 6.07) is 9.27. The number of hydrogen-bond donors (Lipinski definition) is 2. The summed E-state index contributed by atoms with van der Waals surface area (Å²) in [4.78, 5) is 22.1.